The summed E-state index contributed by atoms with van der Waals surface area (Å²) in [5, 5.41) is 3.27. The van der Waals surface area contributed by atoms with Crippen LogP contribution in [0.4, 0.5) is 0 Å². The molecule has 1 rings (SSSR count). The molecule has 0 aliphatic carbocycles. The monoisotopic (exact) mass is 154 g/mol. The fourth-order valence-corrected chi connectivity index (χ4v) is 1.66. The fourth-order valence-electron chi connectivity index (χ4n) is 1.66. The number of nitrogens with one attached hydrogen (secondary N) is 1. The van der Waals surface area contributed by atoms with Crippen molar-refractivity contribution in [3.05, 3.63) is 6.92 Å². The highest BCUT2D eigenvalue weighted by atomic mass is 16.1. The van der Waals surface area contributed by atoms with Crippen LogP contribution in [-0.2, 0) is 4.79 Å². The molecule has 0 spiro atoms. The molecule has 0 aromatic rings. The minimum Gasteiger partial charge on any atom is -0.314 e. The maximum Gasteiger partial charge on any atom is 0.137 e. The van der Waals surface area contributed by atoms with Crippen molar-refractivity contribution in [3.8, 4) is 0 Å². The van der Waals surface area contributed by atoms with Crippen molar-refractivity contribution in [1.29, 1.82) is 0 Å². The van der Waals surface area contributed by atoms with E-state index in [4.69, 9.17) is 0 Å². The van der Waals surface area contributed by atoms with E-state index in [9.17, 15) is 4.79 Å². The summed E-state index contributed by atoms with van der Waals surface area (Å²) in [6, 6.07) is 0.383. The number of rotatable bonds is 3. The third-order valence-corrected chi connectivity index (χ3v) is 2.36. The molecule has 0 amide bonds. The quantitative estimate of drug-likeness (QED) is 0.661. The molecule has 1 radical (unpaired) electrons. The Kier molecular flexibility index (Phi) is 3.06. The van der Waals surface area contributed by atoms with E-state index in [0.29, 0.717) is 18.2 Å². The Balaban J connectivity index is 2.39. The van der Waals surface area contributed by atoms with Crippen molar-refractivity contribution in [1.82, 2.24) is 5.32 Å². The predicted molar refractivity (Wildman–Crippen MR) is 45.2 cm³/mol. The van der Waals surface area contributed by atoms with Gasteiger partial charge < -0.3 is 5.32 Å². The van der Waals surface area contributed by atoms with Crippen LogP contribution in [0.25, 0.3) is 0 Å². The number of ketones is 1. The molecular weight excluding hydrogens is 138 g/mol. The highest BCUT2D eigenvalue weighted by Crippen LogP contribution is 2.17. The summed E-state index contributed by atoms with van der Waals surface area (Å²) in [5.74, 6) is 0.647. The van der Waals surface area contributed by atoms with E-state index in [2.05, 4.69) is 19.2 Å². The van der Waals surface area contributed by atoms with Crippen LogP contribution in [0.3, 0.4) is 0 Å². The molecule has 1 heterocycles. The standard InChI is InChI=1S/C9H16NO/c1-3-4-9(11)8-5-6-10-7(8)2/h7-8,10H,1,3-6H2,2H3. The lowest BCUT2D eigenvalue weighted by Crippen LogP contribution is -2.27. The van der Waals surface area contributed by atoms with E-state index in [1.807, 2.05) is 0 Å². The van der Waals surface area contributed by atoms with E-state index in [1.54, 1.807) is 0 Å². The van der Waals surface area contributed by atoms with E-state index in [0.717, 1.165) is 19.4 Å². The van der Waals surface area contributed by atoms with Crippen molar-refractivity contribution < 1.29 is 4.79 Å². The lowest BCUT2D eigenvalue weighted by molar-refractivity contribution is -0.122. The van der Waals surface area contributed by atoms with Gasteiger partial charge in [-0.15, -0.1) is 0 Å². The molecule has 63 valence electrons. The van der Waals surface area contributed by atoms with E-state index in [-0.39, 0.29) is 5.92 Å². The van der Waals surface area contributed by atoms with Crippen molar-refractivity contribution in [2.24, 2.45) is 5.92 Å². The number of hydrogen-bond acceptors (Lipinski definition) is 2. The van der Waals surface area contributed by atoms with Crippen molar-refractivity contribution >= 4 is 5.78 Å². The largest absolute Gasteiger partial charge is 0.314 e. The molecule has 1 aliphatic heterocycles. The van der Waals surface area contributed by atoms with Crippen LogP contribution in [0.1, 0.15) is 26.2 Å². The van der Waals surface area contributed by atoms with Gasteiger partial charge in [0.25, 0.3) is 0 Å². The molecule has 0 aromatic heterocycles. The van der Waals surface area contributed by atoms with Crippen LogP contribution in [0.5, 0.6) is 0 Å². The topological polar surface area (TPSA) is 29.1 Å². The first-order valence-electron chi connectivity index (χ1n) is 4.31. The van der Waals surface area contributed by atoms with Gasteiger partial charge in [-0.25, -0.2) is 0 Å². The SMILES string of the molecule is [CH2]CCC(=O)C1CCNC1C. The molecule has 2 atom stereocenters. The van der Waals surface area contributed by atoms with Gasteiger partial charge in [-0.2, -0.15) is 0 Å². The van der Waals surface area contributed by atoms with Gasteiger partial charge in [0.05, 0.1) is 0 Å². The number of Topliss-reactive ketones (excluding diaryl/α,β-unsaturated/α-hetero) is 1. The molecular formula is C9H16NO. The Morgan fingerprint density at radius 1 is 1.73 bits per heavy atom. The number of hydrogen-bond donors (Lipinski definition) is 1. The summed E-state index contributed by atoms with van der Waals surface area (Å²) in [6.07, 6.45) is 2.40. The van der Waals surface area contributed by atoms with Crippen LogP contribution < -0.4 is 5.32 Å². The summed E-state index contributed by atoms with van der Waals surface area (Å²) in [6.45, 7) is 6.76. The molecule has 1 N–H and O–H groups in total. The highest BCUT2D eigenvalue weighted by Gasteiger charge is 2.27. The van der Waals surface area contributed by atoms with Crippen LogP contribution in [0, 0.1) is 12.8 Å². The molecule has 1 fully saturated rings. The third kappa shape index (κ3) is 2.03. The molecule has 2 unspecified atom stereocenters. The second kappa shape index (κ2) is 3.86. The van der Waals surface area contributed by atoms with E-state index in [1.165, 1.54) is 0 Å². The zero-order valence-electron chi connectivity index (χ0n) is 7.10. The Hall–Kier alpha value is -0.370. The Labute approximate surface area is 68.4 Å². The summed E-state index contributed by atoms with van der Waals surface area (Å²) in [5.41, 5.74) is 0. The Morgan fingerprint density at radius 3 is 2.91 bits per heavy atom. The number of carbonyl (C=O) groups is 1. The van der Waals surface area contributed by atoms with Crippen molar-refractivity contribution in [2.45, 2.75) is 32.2 Å². The first-order chi connectivity index (χ1) is 5.25. The summed E-state index contributed by atoms with van der Waals surface area (Å²) < 4.78 is 0. The molecule has 0 bridgehead atoms. The molecule has 11 heavy (non-hydrogen) atoms. The Bertz CT molecular complexity index is 144. The molecule has 0 saturated carbocycles. The van der Waals surface area contributed by atoms with Gasteiger partial charge in [0.2, 0.25) is 0 Å². The van der Waals surface area contributed by atoms with Gasteiger partial charge in [-0.1, -0.05) is 6.92 Å². The second-order valence-electron chi connectivity index (χ2n) is 3.21. The van der Waals surface area contributed by atoms with Crippen LogP contribution in [0.15, 0.2) is 0 Å². The number of carbonyl (C=O) groups excluding carboxylic acids is 1. The van der Waals surface area contributed by atoms with Crippen molar-refractivity contribution in [3.63, 3.8) is 0 Å². The average Bonchev–Trinajstić information content (AvgIpc) is 2.36. The molecule has 0 aromatic carbocycles. The first kappa shape index (κ1) is 8.72. The maximum atomic E-state index is 11.4. The van der Waals surface area contributed by atoms with Crippen LogP contribution in [0.2, 0.25) is 0 Å². The zero-order valence-corrected chi connectivity index (χ0v) is 7.10. The molecule has 1 aliphatic rings. The molecule has 1 saturated heterocycles. The molecule has 2 nitrogen and oxygen atoms in total. The first-order valence-corrected chi connectivity index (χ1v) is 4.31. The Morgan fingerprint density at radius 2 is 2.45 bits per heavy atom. The normalized spacial score (nSPS) is 30.7. The van der Waals surface area contributed by atoms with Gasteiger partial charge in [0.15, 0.2) is 0 Å². The second-order valence-corrected chi connectivity index (χ2v) is 3.21. The maximum absolute atomic E-state index is 11.4. The van der Waals surface area contributed by atoms with E-state index < -0.39 is 0 Å². The van der Waals surface area contributed by atoms with Gasteiger partial charge in [-0.05, 0) is 26.3 Å². The average molecular weight is 154 g/mol. The fraction of sp³-hybridized carbons (Fsp3) is 0.778. The smallest absolute Gasteiger partial charge is 0.137 e. The van der Waals surface area contributed by atoms with E-state index >= 15 is 0 Å². The van der Waals surface area contributed by atoms with Gasteiger partial charge in [-0.3, -0.25) is 4.79 Å². The summed E-state index contributed by atoms with van der Waals surface area (Å²) >= 11 is 0. The van der Waals surface area contributed by atoms with Crippen molar-refractivity contribution in [2.75, 3.05) is 6.54 Å². The predicted octanol–water partition coefficient (Wildman–Crippen LogP) is 1.17. The van der Waals surface area contributed by atoms with Crippen LogP contribution >= 0.6 is 0 Å². The summed E-state index contributed by atoms with van der Waals surface area (Å²) in [7, 11) is 0. The lowest BCUT2D eigenvalue weighted by atomic mass is 9.94. The van der Waals surface area contributed by atoms with Crippen LogP contribution in [-0.4, -0.2) is 18.4 Å². The lowest BCUT2D eigenvalue weighted by Gasteiger charge is -2.12. The highest BCUT2D eigenvalue weighted by molar-refractivity contribution is 5.82. The zero-order chi connectivity index (χ0) is 8.27. The van der Waals surface area contributed by atoms with Gasteiger partial charge in [0, 0.05) is 18.4 Å². The summed E-state index contributed by atoms with van der Waals surface area (Å²) in [4.78, 5) is 11.4. The van der Waals surface area contributed by atoms with Gasteiger partial charge in [0.1, 0.15) is 5.78 Å². The minimum atomic E-state index is 0.261. The van der Waals surface area contributed by atoms with Gasteiger partial charge >= 0.3 is 0 Å². The minimum absolute atomic E-state index is 0.261. The third-order valence-electron chi connectivity index (χ3n) is 2.36. The molecule has 2 heteroatoms.